The molecule has 1 saturated carbocycles. The van der Waals surface area contributed by atoms with E-state index < -0.39 is 0 Å². The third-order valence-electron chi connectivity index (χ3n) is 3.67. The molecule has 0 radical (unpaired) electrons. The molecule has 2 aromatic heterocycles. The van der Waals surface area contributed by atoms with E-state index in [1.165, 1.54) is 6.42 Å². The summed E-state index contributed by atoms with van der Waals surface area (Å²) in [6.45, 7) is 0.947. The van der Waals surface area contributed by atoms with Crippen LogP contribution in [0.2, 0.25) is 0 Å². The van der Waals surface area contributed by atoms with Crippen molar-refractivity contribution in [2.45, 2.75) is 31.3 Å². The topological polar surface area (TPSA) is 49.6 Å². The van der Waals surface area contributed by atoms with E-state index in [0.29, 0.717) is 0 Å². The molecule has 1 fully saturated rings. The third-order valence-corrected chi connectivity index (χ3v) is 3.67. The summed E-state index contributed by atoms with van der Waals surface area (Å²) >= 11 is 0. The molecule has 4 heteroatoms. The summed E-state index contributed by atoms with van der Waals surface area (Å²) in [7, 11) is 0. The fraction of sp³-hybridized carbons (Fsp3) is 0.462. The van der Waals surface area contributed by atoms with Crippen LogP contribution in [-0.4, -0.2) is 26.6 Å². The van der Waals surface area contributed by atoms with Gasteiger partial charge in [-0.2, -0.15) is 0 Å². The van der Waals surface area contributed by atoms with E-state index in [9.17, 15) is 5.11 Å². The molecule has 1 aliphatic carbocycles. The van der Waals surface area contributed by atoms with E-state index in [4.69, 9.17) is 0 Å². The maximum Gasteiger partial charge on any atom is 0.137 e. The molecule has 0 atom stereocenters. The quantitative estimate of drug-likeness (QED) is 0.835. The van der Waals surface area contributed by atoms with Gasteiger partial charge in [0.1, 0.15) is 5.65 Å². The summed E-state index contributed by atoms with van der Waals surface area (Å²) in [6.07, 6.45) is 7.37. The predicted octanol–water partition coefficient (Wildman–Crippen LogP) is 1.34. The number of aliphatic hydroxyl groups is 1. The molecule has 0 saturated heterocycles. The Morgan fingerprint density at radius 3 is 2.94 bits per heavy atom. The fourth-order valence-corrected chi connectivity index (χ4v) is 2.34. The molecule has 17 heavy (non-hydrogen) atoms. The molecule has 0 aromatic carbocycles. The van der Waals surface area contributed by atoms with Crippen molar-refractivity contribution in [3.8, 4) is 0 Å². The monoisotopic (exact) mass is 231 g/mol. The molecule has 0 bridgehead atoms. The van der Waals surface area contributed by atoms with Crippen LogP contribution < -0.4 is 5.32 Å². The van der Waals surface area contributed by atoms with Crippen LogP contribution in [-0.2, 0) is 6.54 Å². The van der Waals surface area contributed by atoms with Crippen molar-refractivity contribution >= 4 is 5.65 Å². The van der Waals surface area contributed by atoms with Gasteiger partial charge in [0.05, 0.1) is 12.3 Å². The number of hydrogen-bond acceptors (Lipinski definition) is 3. The van der Waals surface area contributed by atoms with Gasteiger partial charge >= 0.3 is 0 Å². The lowest BCUT2D eigenvalue weighted by Gasteiger charge is -2.41. The summed E-state index contributed by atoms with van der Waals surface area (Å²) in [4.78, 5) is 4.53. The van der Waals surface area contributed by atoms with Crippen molar-refractivity contribution < 1.29 is 5.11 Å². The molecule has 4 nitrogen and oxygen atoms in total. The molecule has 2 aromatic rings. The maximum atomic E-state index is 9.37. The van der Waals surface area contributed by atoms with E-state index in [1.807, 2.05) is 35.0 Å². The van der Waals surface area contributed by atoms with Gasteiger partial charge in [0, 0.05) is 24.5 Å². The lowest BCUT2D eigenvalue weighted by atomic mass is 9.77. The highest BCUT2D eigenvalue weighted by Crippen LogP contribution is 2.31. The number of imidazole rings is 1. The lowest BCUT2D eigenvalue weighted by molar-refractivity contribution is 0.0869. The van der Waals surface area contributed by atoms with Crippen LogP contribution in [0.5, 0.6) is 0 Å². The minimum absolute atomic E-state index is 0.0458. The van der Waals surface area contributed by atoms with Crippen molar-refractivity contribution in [1.82, 2.24) is 14.7 Å². The fourth-order valence-electron chi connectivity index (χ4n) is 2.34. The van der Waals surface area contributed by atoms with Crippen LogP contribution in [0, 0.1) is 0 Å². The molecule has 0 unspecified atom stereocenters. The number of nitrogens with one attached hydrogen (secondary N) is 1. The zero-order chi connectivity index (χ0) is 11.7. The van der Waals surface area contributed by atoms with Crippen LogP contribution in [0.4, 0.5) is 0 Å². The Bertz CT molecular complexity index is 478. The van der Waals surface area contributed by atoms with Crippen LogP contribution in [0.25, 0.3) is 5.65 Å². The minimum atomic E-state index is -0.0458. The number of rotatable bonds is 4. The van der Waals surface area contributed by atoms with Crippen LogP contribution in [0.15, 0.2) is 30.6 Å². The lowest BCUT2D eigenvalue weighted by Crippen LogP contribution is -2.53. The first kappa shape index (κ1) is 10.7. The molecule has 0 spiro atoms. The van der Waals surface area contributed by atoms with Gasteiger partial charge < -0.3 is 14.8 Å². The van der Waals surface area contributed by atoms with Gasteiger partial charge in [-0.1, -0.05) is 6.07 Å². The van der Waals surface area contributed by atoms with E-state index in [2.05, 4.69) is 10.3 Å². The van der Waals surface area contributed by atoms with E-state index >= 15 is 0 Å². The first-order valence-corrected chi connectivity index (χ1v) is 6.10. The maximum absolute atomic E-state index is 9.37. The van der Waals surface area contributed by atoms with Crippen LogP contribution >= 0.6 is 0 Å². The smallest absolute Gasteiger partial charge is 0.137 e. The highest BCUT2D eigenvalue weighted by atomic mass is 16.3. The van der Waals surface area contributed by atoms with Crippen molar-refractivity contribution in [2.24, 2.45) is 0 Å². The van der Waals surface area contributed by atoms with Gasteiger partial charge in [-0.25, -0.2) is 4.98 Å². The molecule has 1 aliphatic rings. The summed E-state index contributed by atoms with van der Waals surface area (Å²) in [5, 5.41) is 12.8. The molecule has 0 aliphatic heterocycles. The second kappa shape index (κ2) is 4.13. The molecule has 2 heterocycles. The Morgan fingerprint density at radius 1 is 1.41 bits per heavy atom. The highest BCUT2D eigenvalue weighted by molar-refractivity contribution is 5.39. The number of aromatic nitrogens is 2. The summed E-state index contributed by atoms with van der Waals surface area (Å²) in [5.74, 6) is 0. The van der Waals surface area contributed by atoms with Gasteiger partial charge in [0.2, 0.25) is 0 Å². The normalized spacial score (nSPS) is 18.2. The Kier molecular flexibility index (Phi) is 2.61. The van der Waals surface area contributed by atoms with Gasteiger partial charge in [-0.05, 0) is 31.4 Å². The molecule has 0 amide bonds. The van der Waals surface area contributed by atoms with Crippen molar-refractivity contribution in [3.63, 3.8) is 0 Å². The van der Waals surface area contributed by atoms with Crippen LogP contribution in [0.1, 0.15) is 25.0 Å². The number of fused-ring (bicyclic) bond motifs is 1. The van der Waals surface area contributed by atoms with Gasteiger partial charge in [0.15, 0.2) is 0 Å². The second-order valence-electron chi connectivity index (χ2n) is 4.84. The molecular formula is C13H17N3O. The summed E-state index contributed by atoms with van der Waals surface area (Å²) in [5.41, 5.74) is 1.95. The summed E-state index contributed by atoms with van der Waals surface area (Å²) < 4.78 is 2.02. The number of hydrogen-bond donors (Lipinski definition) is 2. The van der Waals surface area contributed by atoms with E-state index in [-0.39, 0.29) is 12.1 Å². The van der Waals surface area contributed by atoms with Gasteiger partial charge in [-0.3, -0.25) is 0 Å². The van der Waals surface area contributed by atoms with E-state index in [1.54, 1.807) is 0 Å². The molecular weight excluding hydrogens is 214 g/mol. The Labute approximate surface area is 100 Å². The Balaban J connectivity index is 1.72. The van der Waals surface area contributed by atoms with Crippen LogP contribution in [0.3, 0.4) is 0 Å². The predicted molar refractivity (Wildman–Crippen MR) is 65.7 cm³/mol. The molecule has 3 rings (SSSR count). The highest BCUT2D eigenvalue weighted by Gasteiger charge is 2.35. The van der Waals surface area contributed by atoms with Gasteiger partial charge in [-0.15, -0.1) is 0 Å². The number of nitrogens with zero attached hydrogens (tertiary/aromatic N) is 2. The first-order chi connectivity index (χ1) is 8.31. The number of pyridine rings is 1. The third kappa shape index (κ3) is 1.94. The summed E-state index contributed by atoms with van der Waals surface area (Å²) in [6, 6.07) is 5.97. The Hall–Kier alpha value is -1.39. The molecule has 2 N–H and O–H groups in total. The molecule has 90 valence electrons. The second-order valence-corrected chi connectivity index (χ2v) is 4.84. The van der Waals surface area contributed by atoms with Crippen molar-refractivity contribution in [2.75, 3.05) is 6.61 Å². The zero-order valence-corrected chi connectivity index (χ0v) is 9.76. The zero-order valence-electron chi connectivity index (χ0n) is 9.76. The van der Waals surface area contributed by atoms with Crippen molar-refractivity contribution in [3.05, 3.63) is 36.3 Å². The minimum Gasteiger partial charge on any atom is -0.394 e. The van der Waals surface area contributed by atoms with E-state index in [0.717, 1.165) is 30.7 Å². The largest absolute Gasteiger partial charge is 0.394 e. The van der Waals surface area contributed by atoms with Gasteiger partial charge in [0.25, 0.3) is 0 Å². The SMILES string of the molecule is OCC1(NCc2cn3ccccc3n2)CCC1. The number of aliphatic hydroxyl groups excluding tert-OH is 1. The average molecular weight is 231 g/mol. The average Bonchev–Trinajstić information content (AvgIpc) is 2.71. The Morgan fingerprint density at radius 2 is 2.29 bits per heavy atom. The first-order valence-electron chi connectivity index (χ1n) is 6.10. The van der Waals surface area contributed by atoms with Crippen molar-refractivity contribution in [1.29, 1.82) is 0 Å². The standard InChI is InChI=1S/C13H17N3O/c17-10-13(5-3-6-13)14-8-11-9-16-7-2-1-4-12(16)15-11/h1-2,4,7,9,14,17H,3,5-6,8,10H2.